The van der Waals surface area contributed by atoms with Crippen molar-refractivity contribution < 1.29 is 23.1 Å². The Kier molecular flexibility index (Phi) is 3.46. The van der Waals surface area contributed by atoms with E-state index in [-0.39, 0.29) is 5.69 Å². The van der Waals surface area contributed by atoms with Crippen LogP contribution in [0.5, 0.6) is 0 Å². The number of alkyl halides is 2. The molecule has 0 atom stereocenters. The monoisotopic (exact) mass is 268 g/mol. The molecule has 0 unspecified atom stereocenters. The first kappa shape index (κ1) is 13.0. The van der Waals surface area contributed by atoms with Crippen molar-refractivity contribution in [3.05, 3.63) is 47.7 Å². The van der Waals surface area contributed by atoms with Gasteiger partial charge in [0.05, 0.1) is 11.3 Å². The molecule has 2 rings (SSSR count). The maximum absolute atomic E-state index is 14.1. The second-order valence-electron chi connectivity index (χ2n) is 3.59. The quantitative estimate of drug-likeness (QED) is 0.929. The zero-order valence-electron chi connectivity index (χ0n) is 9.35. The Labute approximate surface area is 105 Å². The average molecular weight is 268 g/mol. The van der Waals surface area contributed by atoms with Crippen LogP contribution >= 0.6 is 0 Å². The van der Waals surface area contributed by atoms with Crippen molar-refractivity contribution in [3.8, 4) is 11.3 Å². The summed E-state index contributed by atoms with van der Waals surface area (Å²) in [5.41, 5.74) is -1.90. The van der Waals surface area contributed by atoms with Crippen LogP contribution in [0, 0.1) is 5.82 Å². The first-order valence-corrected chi connectivity index (χ1v) is 5.12. The number of hydrogen-bond acceptors (Lipinski definition) is 3. The van der Waals surface area contributed by atoms with Gasteiger partial charge >= 0.3 is 5.97 Å². The fraction of sp³-hybridized carbons (Fsp3) is 0.0833. The molecular weight excluding hydrogens is 261 g/mol. The molecule has 1 aromatic heterocycles. The lowest BCUT2D eigenvalue weighted by atomic mass is 10.00. The highest BCUT2D eigenvalue weighted by atomic mass is 19.3. The molecule has 0 aliphatic carbocycles. The number of hydrogen-bond donors (Lipinski definition) is 1. The second-order valence-corrected chi connectivity index (χ2v) is 3.59. The molecule has 0 fully saturated rings. The number of nitrogens with zero attached hydrogens (tertiary/aromatic N) is 2. The maximum atomic E-state index is 14.1. The number of aromatic nitrogens is 2. The third kappa shape index (κ3) is 2.40. The smallest absolute Gasteiger partial charge is 0.338 e. The molecule has 1 N–H and O–H groups in total. The lowest BCUT2D eigenvalue weighted by Crippen LogP contribution is -2.05. The zero-order chi connectivity index (χ0) is 14.0. The number of rotatable bonds is 3. The van der Waals surface area contributed by atoms with Crippen LogP contribution in [0.3, 0.4) is 0 Å². The average Bonchev–Trinajstić information content (AvgIpc) is 2.38. The number of carboxylic acid groups (broad SMARTS) is 1. The molecule has 0 bridgehead atoms. The number of aromatic carboxylic acids is 1. The molecule has 19 heavy (non-hydrogen) atoms. The predicted molar refractivity (Wildman–Crippen MR) is 59.3 cm³/mol. The molecular formula is C12H7F3N2O2. The SMILES string of the molecule is O=C(O)c1ccc(C(F)F)c(-c2ccncn2)c1F. The van der Waals surface area contributed by atoms with Crippen molar-refractivity contribution in [2.24, 2.45) is 0 Å². The van der Waals surface area contributed by atoms with Gasteiger partial charge < -0.3 is 5.11 Å². The second kappa shape index (κ2) is 5.05. The van der Waals surface area contributed by atoms with E-state index >= 15 is 0 Å². The third-order valence-corrected chi connectivity index (χ3v) is 2.48. The maximum Gasteiger partial charge on any atom is 0.338 e. The fourth-order valence-electron chi connectivity index (χ4n) is 1.64. The topological polar surface area (TPSA) is 63.1 Å². The molecule has 2 aromatic rings. The van der Waals surface area contributed by atoms with Gasteiger partial charge in [-0.1, -0.05) is 6.07 Å². The summed E-state index contributed by atoms with van der Waals surface area (Å²) < 4.78 is 39.8. The van der Waals surface area contributed by atoms with Crippen LogP contribution in [0.1, 0.15) is 22.3 Å². The number of carbonyl (C=O) groups is 1. The van der Waals surface area contributed by atoms with Crippen LogP contribution < -0.4 is 0 Å². The van der Waals surface area contributed by atoms with E-state index in [4.69, 9.17) is 5.11 Å². The predicted octanol–water partition coefficient (Wildman–Crippen LogP) is 2.92. The van der Waals surface area contributed by atoms with Gasteiger partial charge in [0.1, 0.15) is 12.1 Å². The first-order valence-electron chi connectivity index (χ1n) is 5.12. The van der Waals surface area contributed by atoms with Crippen LogP contribution in [-0.4, -0.2) is 21.0 Å². The van der Waals surface area contributed by atoms with E-state index in [0.717, 1.165) is 18.5 Å². The molecule has 0 saturated carbocycles. The largest absolute Gasteiger partial charge is 0.478 e. The Bertz CT molecular complexity index is 618. The van der Waals surface area contributed by atoms with Gasteiger partial charge in [0.2, 0.25) is 0 Å². The van der Waals surface area contributed by atoms with Crippen molar-refractivity contribution in [2.75, 3.05) is 0 Å². The molecule has 0 amide bonds. The minimum absolute atomic E-state index is 0.0918. The van der Waals surface area contributed by atoms with Gasteiger partial charge in [-0.25, -0.2) is 27.9 Å². The van der Waals surface area contributed by atoms with E-state index in [1.807, 2.05) is 0 Å². The first-order chi connectivity index (χ1) is 9.02. The van der Waals surface area contributed by atoms with E-state index in [1.54, 1.807) is 0 Å². The summed E-state index contributed by atoms with van der Waals surface area (Å²) in [6.45, 7) is 0. The van der Waals surface area contributed by atoms with E-state index in [1.165, 1.54) is 12.3 Å². The van der Waals surface area contributed by atoms with Gasteiger partial charge in [-0.3, -0.25) is 0 Å². The van der Waals surface area contributed by atoms with Gasteiger partial charge in [-0.15, -0.1) is 0 Å². The fourth-order valence-corrected chi connectivity index (χ4v) is 1.64. The number of halogens is 3. The Morgan fingerprint density at radius 2 is 2.00 bits per heavy atom. The normalized spacial score (nSPS) is 10.7. The molecule has 0 spiro atoms. The molecule has 1 aromatic carbocycles. The van der Waals surface area contributed by atoms with E-state index < -0.39 is 34.9 Å². The van der Waals surface area contributed by atoms with Crippen LogP contribution in [0.4, 0.5) is 13.2 Å². The molecule has 4 nitrogen and oxygen atoms in total. The summed E-state index contributed by atoms with van der Waals surface area (Å²) in [6, 6.07) is 2.93. The van der Waals surface area contributed by atoms with Gasteiger partial charge in [-0.05, 0) is 12.1 Å². The summed E-state index contributed by atoms with van der Waals surface area (Å²) in [7, 11) is 0. The van der Waals surface area contributed by atoms with E-state index in [0.29, 0.717) is 0 Å². The Morgan fingerprint density at radius 3 is 2.53 bits per heavy atom. The molecule has 98 valence electrons. The highest BCUT2D eigenvalue weighted by molar-refractivity contribution is 5.90. The Balaban J connectivity index is 2.74. The Morgan fingerprint density at radius 1 is 1.26 bits per heavy atom. The number of carboxylic acids is 1. The molecule has 0 radical (unpaired) electrons. The lowest BCUT2D eigenvalue weighted by molar-refractivity contribution is 0.0691. The van der Waals surface area contributed by atoms with Crippen molar-refractivity contribution in [2.45, 2.75) is 6.43 Å². The summed E-state index contributed by atoms with van der Waals surface area (Å²) in [5.74, 6) is -2.77. The van der Waals surface area contributed by atoms with Gasteiger partial charge in [0.25, 0.3) is 6.43 Å². The minimum atomic E-state index is -2.94. The highest BCUT2D eigenvalue weighted by Gasteiger charge is 2.23. The van der Waals surface area contributed by atoms with E-state index in [2.05, 4.69) is 9.97 Å². The Hall–Kier alpha value is -2.44. The van der Waals surface area contributed by atoms with E-state index in [9.17, 15) is 18.0 Å². The lowest BCUT2D eigenvalue weighted by Gasteiger charge is -2.11. The van der Waals surface area contributed by atoms with Crippen molar-refractivity contribution in [3.63, 3.8) is 0 Å². The molecule has 0 saturated heterocycles. The minimum Gasteiger partial charge on any atom is -0.478 e. The summed E-state index contributed by atoms with van der Waals surface area (Å²) >= 11 is 0. The van der Waals surface area contributed by atoms with Gasteiger partial charge in [-0.2, -0.15) is 0 Å². The molecule has 7 heteroatoms. The number of benzene rings is 1. The van der Waals surface area contributed by atoms with Crippen molar-refractivity contribution in [1.82, 2.24) is 9.97 Å². The van der Waals surface area contributed by atoms with Crippen LogP contribution in [0.25, 0.3) is 11.3 Å². The summed E-state index contributed by atoms with van der Waals surface area (Å²) in [4.78, 5) is 18.1. The van der Waals surface area contributed by atoms with Crippen LogP contribution in [0.15, 0.2) is 30.7 Å². The molecule has 0 aliphatic heterocycles. The van der Waals surface area contributed by atoms with Gasteiger partial charge in [0.15, 0.2) is 0 Å². The van der Waals surface area contributed by atoms with Crippen LogP contribution in [-0.2, 0) is 0 Å². The standard InChI is InChI=1S/C12H7F3N2O2/c13-10-7(12(18)19)2-1-6(11(14)15)9(10)8-3-4-16-5-17-8/h1-5,11H,(H,18,19). The highest BCUT2D eigenvalue weighted by Crippen LogP contribution is 2.33. The van der Waals surface area contributed by atoms with Crippen LogP contribution in [0.2, 0.25) is 0 Å². The van der Waals surface area contributed by atoms with Gasteiger partial charge in [0, 0.05) is 17.3 Å². The van der Waals surface area contributed by atoms with Crippen molar-refractivity contribution >= 4 is 5.97 Å². The molecule has 1 heterocycles. The summed E-state index contributed by atoms with van der Waals surface area (Å²) in [6.07, 6.45) is -0.621. The third-order valence-electron chi connectivity index (χ3n) is 2.48. The zero-order valence-corrected chi connectivity index (χ0v) is 9.35. The molecule has 0 aliphatic rings. The summed E-state index contributed by atoms with van der Waals surface area (Å²) in [5, 5.41) is 8.81. The van der Waals surface area contributed by atoms with Crippen molar-refractivity contribution in [1.29, 1.82) is 0 Å².